The van der Waals surface area contributed by atoms with Gasteiger partial charge in [0.1, 0.15) is 5.54 Å². The lowest BCUT2D eigenvalue weighted by Gasteiger charge is -2.32. The molecule has 0 radical (unpaired) electrons. The van der Waals surface area contributed by atoms with E-state index in [4.69, 9.17) is 0 Å². The minimum absolute atomic E-state index is 0.126. The van der Waals surface area contributed by atoms with Gasteiger partial charge in [-0.25, -0.2) is 9.59 Å². The third-order valence-electron chi connectivity index (χ3n) is 3.68. The predicted molar refractivity (Wildman–Crippen MR) is 62.7 cm³/mol. The van der Waals surface area contributed by atoms with Crippen molar-refractivity contribution in [1.82, 2.24) is 10.2 Å². The van der Waals surface area contributed by atoms with Crippen LogP contribution >= 0.6 is 0 Å². The number of hydrogen-bond acceptors (Lipinski definition) is 2. The minimum Gasteiger partial charge on any atom is -0.480 e. The number of carbonyl (C=O) groups excluding carboxylic acids is 1. The average molecular weight is 238 g/mol. The predicted octanol–water partition coefficient (Wildman–Crippen LogP) is 1.35. The van der Waals surface area contributed by atoms with Gasteiger partial charge in [-0.15, -0.1) is 0 Å². The zero-order valence-electron chi connectivity index (χ0n) is 9.98. The van der Waals surface area contributed by atoms with Gasteiger partial charge in [0.25, 0.3) is 0 Å². The minimum atomic E-state index is -1.05. The molecule has 0 aromatic heterocycles. The van der Waals surface area contributed by atoms with E-state index in [9.17, 15) is 14.7 Å². The van der Waals surface area contributed by atoms with Crippen molar-refractivity contribution in [3.05, 3.63) is 12.2 Å². The maximum Gasteiger partial charge on any atom is 0.329 e. The maximum atomic E-state index is 12.0. The van der Waals surface area contributed by atoms with Gasteiger partial charge in [0.15, 0.2) is 0 Å². The fraction of sp³-hybridized carbons (Fsp3) is 0.667. The van der Waals surface area contributed by atoms with Crippen LogP contribution in [-0.2, 0) is 4.79 Å². The van der Waals surface area contributed by atoms with Crippen molar-refractivity contribution in [3.8, 4) is 0 Å². The van der Waals surface area contributed by atoms with Gasteiger partial charge in [-0.3, -0.25) is 0 Å². The van der Waals surface area contributed by atoms with Crippen LogP contribution in [0.4, 0.5) is 4.79 Å². The standard InChI is InChI=1S/C12H18N2O3/c1-12(10(15)16)7-4-8-14(12)11(17)13-9-5-2-3-6-9/h2-3,9H,4-8H2,1H3,(H,13,17)(H,15,16). The summed E-state index contributed by atoms with van der Waals surface area (Å²) in [6.45, 7) is 2.14. The third-order valence-corrected chi connectivity index (χ3v) is 3.68. The Hall–Kier alpha value is -1.52. The summed E-state index contributed by atoms with van der Waals surface area (Å²) in [7, 11) is 0. The van der Waals surface area contributed by atoms with E-state index in [1.807, 2.05) is 12.2 Å². The van der Waals surface area contributed by atoms with Crippen LogP contribution in [-0.4, -0.2) is 40.1 Å². The van der Waals surface area contributed by atoms with E-state index in [1.54, 1.807) is 6.92 Å². The number of hydrogen-bond donors (Lipinski definition) is 2. The summed E-state index contributed by atoms with van der Waals surface area (Å²) < 4.78 is 0. The first-order valence-electron chi connectivity index (χ1n) is 6.00. The lowest BCUT2D eigenvalue weighted by Crippen LogP contribution is -2.55. The fourth-order valence-corrected chi connectivity index (χ4v) is 2.50. The molecule has 1 saturated heterocycles. The molecule has 0 saturated carbocycles. The quantitative estimate of drug-likeness (QED) is 0.713. The van der Waals surface area contributed by atoms with Gasteiger partial charge in [-0.1, -0.05) is 12.2 Å². The van der Waals surface area contributed by atoms with Gasteiger partial charge in [0.2, 0.25) is 0 Å². The van der Waals surface area contributed by atoms with E-state index in [0.29, 0.717) is 13.0 Å². The van der Waals surface area contributed by atoms with Crippen LogP contribution in [0.3, 0.4) is 0 Å². The smallest absolute Gasteiger partial charge is 0.329 e. The van der Waals surface area contributed by atoms with E-state index in [0.717, 1.165) is 19.3 Å². The molecule has 2 aliphatic rings. The molecule has 1 unspecified atom stereocenters. The van der Waals surface area contributed by atoms with Crippen molar-refractivity contribution in [3.63, 3.8) is 0 Å². The first-order valence-corrected chi connectivity index (χ1v) is 6.00. The Balaban J connectivity index is 2.00. The third kappa shape index (κ3) is 2.14. The van der Waals surface area contributed by atoms with Crippen LogP contribution in [0, 0.1) is 0 Å². The first kappa shape index (κ1) is 12.0. The molecule has 0 bridgehead atoms. The van der Waals surface area contributed by atoms with Gasteiger partial charge < -0.3 is 15.3 Å². The Morgan fingerprint density at radius 3 is 2.65 bits per heavy atom. The van der Waals surface area contributed by atoms with Crippen LogP contribution in [0.2, 0.25) is 0 Å². The highest BCUT2D eigenvalue weighted by atomic mass is 16.4. The second kappa shape index (κ2) is 4.39. The fourth-order valence-electron chi connectivity index (χ4n) is 2.50. The molecule has 2 amide bonds. The molecular weight excluding hydrogens is 220 g/mol. The summed E-state index contributed by atoms with van der Waals surface area (Å²) in [5.74, 6) is -0.922. The van der Waals surface area contributed by atoms with Crippen LogP contribution in [0.5, 0.6) is 0 Å². The van der Waals surface area contributed by atoms with Crippen LogP contribution in [0.15, 0.2) is 12.2 Å². The van der Waals surface area contributed by atoms with Crippen molar-refractivity contribution < 1.29 is 14.7 Å². The van der Waals surface area contributed by atoms with E-state index in [-0.39, 0.29) is 12.1 Å². The first-order chi connectivity index (χ1) is 8.04. The van der Waals surface area contributed by atoms with Gasteiger partial charge in [0.05, 0.1) is 0 Å². The van der Waals surface area contributed by atoms with Gasteiger partial charge >= 0.3 is 12.0 Å². The normalized spacial score (nSPS) is 28.6. The second-order valence-electron chi connectivity index (χ2n) is 4.92. The van der Waals surface area contributed by atoms with Crippen molar-refractivity contribution in [2.45, 2.75) is 44.2 Å². The second-order valence-corrected chi connectivity index (χ2v) is 4.92. The molecule has 2 rings (SSSR count). The summed E-state index contributed by atoms with van der Waals surface area (Å²) in [6.07, 6.45) is 7.02. The van der Waals surface area contributed by atoms with Crippen molar-refractivity contribution in [2.75, 3.05) is 6.54 Å². The molecule has 1 heterocycles. The van der Waals surface area contributed by atoms with Crippen molar-refractivity contribution in [2.24, 2.45) is 0 Å². The number of urea groups is 1. The molecule has 1 fully saturated rings. The molecule has 5 heteroatoms. The van der Waals surface area contributed by atoms with Gasteiger partial charge in [-0.2, -0.15) is 0 Å². The Labute approximate surface area is 100 Å². The molecule has 1 aliphatic carbocycles. The zero-order valence-corrected chi connectivity index (χ0v) is 9.98. The maximum absolute atomic E-state index is 12.0. The Morgan fingerprint density at radius 2 is 2.06 bits per heavy atom. The zero-order chi connectivity index (χ0) is 12.5. The SMILES string of the molecule is CC1(C(=O)O)CCCN1C(=O)NC1CC=CC1. The van der Waals surface area contributed by atoms with E-state index in [1.165, 1.54) is 4.90 Å². The average Bonchev–Trinajstić information content (AvgIpc) is 2.87. The van der Waals surface area contributed by atoms with Crippen LogP contribution < -0.4 is 5.32 Å². The Bertz CT molecular complexity index is 359. The van der Waals surface area contributed by atoms with Crippen molar-refractivity contribution in [1.29, 1.82) is 0 Å². The number of nitrogens with zero attached hydrogens (tertiary/aromatic N) is 1. The highest BCUT2D eigenvalue weighted by Crippen LogP contribution is 2.29. The largest absolute Gasteiger partial charge is 0.480 e. The number of rotatable bonds is 2. The summed E-state index contributed by atoms with van der Waals surface area (Å²) in [5.41, 5.74) is -1.05. The molecule has 0 aromatic carbocycles. The number of nitrogens with one attached hydrogen (secondary N) is 1. The number of likely N-dealkylation sites (tertiary alicyclic amines) is 1. The number of carbonyl (C=O) groups is 2. The summed E-state index contributed by atoms with van der Waals surface area (Å²) in [6, 6.07) is -0.123. The molecule has 1 aliphatic heterocycles. The highest BCUT2D eigenvalue weighted by Gasteiger charge is 2.46. The lowest BCUT2D eigenvalue weighted by molar-refractivity contribution is -0.147. The summed E-state index contributed by atoms with van der Waals surface area (Å²) >= 11 is 0. The monoisotopic (exact) mass is 238 g/mol. The van der Waals surface area contributed by atoms with E-state index in [2.05, 4.69) is 5.32 Å². The molecule has 94 valence electrons. The number of aliphatic carboxylic acids is 1. The topological polar surface area (TPSA) is 69.6 Å². The number of carboxylic acid groups (broad SMARTS) is 1. The highest BCUT2D eigenvalue weighted by molar-refractivity contribution is 5.86. The van der Waals surface area contributed by atoms with Crippen LogP contribution in [0.1, 0.15) is 32.6 Å². The Kier molecular flexibility index (Phi) is 3.09. The van der Waals surface area contributed by atoms with Crippen LogP contribution in [0.25, 0.3) is 0 Å². The molecule has 0 spiro atoms. The molecule has 17 heavy (non-hydrogen) atoms. The molecular formula is C12H18N2O3. The number of carboxylic acids is 1. The molecule has 1 atom stereocenters. The molecule has 0 aromatic rings. The van der Waals surface area contributed by atoms with E-state index >= 15 is 0 Å². The van der Waals surface area contributed by atoms with Gasteiger partial charge in [0, 0.05) is 12.6 Å². The summed E-state index contributed by atoms with van der Waals surface area (Å²) in [5, 5.41) is 12.1. The van der Waals surface area contributed by atoms with Crippen molar-refractivity contribution >= 4 is 12.0 Å². The lowest BCUT2D eigenvalue weighted by atomic mass is 10.00. The summed E-state index contributed by atoms with van der Waals surface area (Å²) in [4.78, 5) is 24.7. The number of amides is 2. The Morgan fingerprint density at radius 1 is 1.41 bits per heavy atom. The molecule has 5 nitrogen and oxygen atoms in total. The molecule has 2 N–H and O–H groups in total. The van der Waals surface area contributed by atoms with Gasteiger partial charge in [-0.05, 0) is 32.6 Å². The van der Waals surface area contributed by atoms with E-state index < -0.39 is 11.5 Å².